The summed E-state index contributed by atoms with van der Waals surface area (Å²) in [5.74, 6) is 1.43. The third-order valence-electron chi connectivity index (χ3n) is 2.55. The molecule has 19 heavy (non-hydrogen) atoms. The van der Waals surface area contributed by atoms with Gasteiger partial charge in [-0.2, -0.15) is 0 Å². The summed E-state index contributed by atoms with van der Waals surface area (Å²) in [6.45, 7) is 10.0. The molecule has 1 N–H and O–H groups in total. The maximum atomic E-state index is 5.50. The van der Waals surface area contributed by atoms with Crippen molar-refractivity contribution >= 4 is 0 Å². The zero-order valence-electron chi connectivity index (χ0n) is 12.6. The van der Waals surface area contributed by atoms with E-state index in [-0.39, 0.29) is 12.3 Å². The predicted octanol–water partition coefficient (Wildman–Crippen LogP) is 2.96. The molecule has 0 atom stereocenters. The molecule has 0 bridgehead atoms. The molecule has 0 fully saturated rings. The molecule has 1 aromatic rings. The molecule has 0 aliphatic rings. The number of ether oxygens (including phenoxy) is 3. The van der Waals surface area contributed by atoms with Crippen molar-refractivity contribution < 1.29 is 14.2 Å². The van der Waals surface area contributed by atoms with Crippen molar-refractivity contribution in [3.05, 3.63) is 23.8 Å². The fraction of sp³-hybridized carbons (Fsp3) is 0.600. The molecule has 0 spiro atoms. The Hall–Kier alpha value is -1.26. The molecule has 0 amide bonds. The van der Waals surface area contributed by atoms with Crippen molar-refractivity contribution in [3.8, 4) is 11.5 Å². The van der Waals surface area contributed by atoms with Crippen molar-refractivity contribution in [1.29, 1.82) is 0 Å². The minimum absolute atomic E-state index is 0.0946. The largest absolute Gasteiger partial charge is 0.493 e. The number of hydrogen-bond acceptors (Lipinski definition) is 4. The van der Waals surface area contributed by atoms with Gasteiger partial charge in [0.2, 0.25) is 0 Å². The molecule has 1 aromatic carbocycles. The van der Waals surface area contributed by atoms with E-state index in [2.05, 4.69) is 26.1 Å². The highest BCUT2D eigenvalue weighted by Crippen LogP contribution is 2.28. The van der Waals surface area contributed by atoms with E-state index in [1.54, 1.807) is 7.11 Å². The number of rotatable bonds is 7. The smallest absolute Gasteiger partial charge is 0.189 e. The van der Waals surface area contributed by atoms with Crippen LogP contribution in [0.5, 0.6) is 11.5 Å². The van der Waals surface area contributed by atoms with Gasteiger partial charge in [0.25, 0.3) is 0 Å². The summed E-state index contributed by atoms with van der Waals surface area (Å²) >= 11 is 0. The van der Waals surface area contributed by atoms with Gasteiger partial charge < -0.3 is 19.5 Å². The van der Waals surface area contributed by atoms with Gasteiger partial charge in [0, 0.05) is 18.7 Å². The number of hydrogen-bond donors (Lipinski definition) is 1. The van der Waals surface area contributed by atoms with Gasteiger partial charge in [0.15, 0.2) is 18.3 Å². The monoisotopic (exact) mass is 267 g/mol. The molecular weight excluding hydrogens is 242 g/mol. The van der Waals surface area contributed by atoms with Gasteiger partial charge in [-0.1, -0.05) is 6.07 Å². The lowest BCUT2D eigenvalue weighted by molar-refractivity contribution is 0.0209. The van der Waals surface area contributed by atoms with Crippen molar-refractivity contribution in [1.82, 2.24) is 5.32 Å². The zero-order valence-corrected chi connectivity index (χ0v) is 12.6. The van der Waals surface area contributed by atoms with Crippen LogP contribution in [-0.4, -0.2) is 26.0 Å². The molecule has 4 nitrogen and oxygen atoms in total. The van der Waals surface area contributed by atoms with Gasteiger partial charge in [-0.3, -0.25) is 0 Å². The first-order chi connectivity index (χ1) is 8.96. The van der Waals surface area contributed by atoms with Gasteiger partial charge in [-0.25, -0.2) is 0 Å². The fourth-order valence-corrected chi connectivity index (χ4v) is 1.50. The Kier molecular flexibility index (Phi) is 6.12. The Bertz CT molecular complexity index is 385. The fourth-order valence-electron chi connectivity index (χ4n) is 1.50. The molecule has 0 heterocycles. The Morgan fingerprint density at radius 1 is 1.16 bits per heavy atom. The summed E-state index contributed by atoms with van der Waals surface area (Å²) in [5, 5.41) is 3.44. The van der Waals surface area contributed by atoms with Crippen LogP contribution >= 0.6 is 0 Å². The van der Waals surface area contributed by atoms with E-state index in [4.69, 9.17) is 14.2 Å². The van der Waals surface area contributed by atoms with Crippen LogP contribution in [0.1, 0.15) is 33.3 Å². The Morgan fingerprint density at radius 3 is 2.47 bits per heavy atom. The summed E-state index contributed by atoms with van der Waals surface area (Å²) in [6.07, 6.45) is 0. The lowest BCUT2D eigenvalue weighted by Gasteiger charge is -2.21. The SMILES string of the molecule is CCOCOc1ccc(CNC(C)(C)C)cc1OC. The summed E-state index contributed by atoms with van der Waals surface area (Å²) in [5.41, 5.74) is 1.26. The molecule has 0 aliphatic heterocycles. The van der Waals surface area contributed by atoms with E-state index in [0.717, 1.165) is 17.9 Å². The quantitative estimate of drug-likeness (QED) is 0.609. The average Bonchev–Trinajstić information content (AvgIpc) is 2.36. The topological polar surface area (TPSA) is 39.7 Å². The molecule has 0 aliphatic carbocycles. The zero-order chi connectivity index (χ0) is 14.3. The van der Waals surface area contributed by atoms with Gasteiger partial charge in [-0.15, -0.1) is 0 Å². The molecule has 0 saturated heterocycles. The van der Waals surface area contributed by atoms with Crippen molar-refractivity contribution in [2.24, 2.45) is 0 Å². The molecule has 1 rings (SSSR count). The second-order valence-corrected chi connectivity index (χ2v) is 5.34. The first-order valence-corrected chi connectivity index (χ1v) is 6.58. The van der Waals surface area contributed by atoms with Gasteiger partial charge in [-0.05, 0) is 45.4 Å². The van der Waals surface area contributed by atoms with Crippen LogP contribution in [-0.2, 0) is 11.3 Å². The lowest BCUT2D eigenvalue weighted by Crippen LogP contribution is -2.35. The van der Waals surface area contributed by atoms with Crippen LogP contribution < -0.4 is 14.8 Å². The minimum atomic E-state index is 0.0946. The lowest BCUT2D eigenvalue weighted by atomic mass is 10.1. The third kappa shape index (κ3) is 5.94. The Balaban J connectivity index is 2.67. The van der Waals surface area contributed by atoms with Gasteiger partial charge in [0.1, 0.15) is 0 Å². The maximum Gasteiger partial charge on any atom is 0.189 e. The van der Waals surface area contributed by atoms with Crippen LogP contribution in [0, 0.1) is 0 Å². The second kappa shape index (κ2) is 7.36. The predicted molar refractivity (Wildman–Crippen MR) is 76.7 cm³/mol. The average molecular weight is 267 g/mol. The Labute approximate surface area is 116 Å². The molecule has 0 radical (unpaired) electrons. The number of methoxy groups -OCH3 is 1. The van der Waals surface area contributed by atoms with Crippen LogP contribution in [0.25, 0.3) is 0 Å². The highest BCUT2D eigenvalue weighted by atomic mass is 16.7. The third-order valence-corrected chi connectivity index (χ3v) is 2.55. The maximum absolute atomic E-state index is 5.50. The highest BCUT2D eigenvalue weighted by molar-refractivity contribution is 5.42. The van der Waals surface area contributed by atoms with E-state index in [9.17, 15) is 0 Å². The van der Waals surface area contributed by atoms with Crippen LogP contribution in [0.15, 0.2) is 18.2 Å². The normalized spacial score (nSPS) is 11.4. The van der Waals surface area contributed by atoms with Gasteiger partial charge >= 0.3 is 0 Å². The first kappa shape index (κ1) is 15.8. The molecule has 0 aromatic heterocycles. The van der Waals surface area contributed by atoms with Gasteiger partial charge in [0.05, 0.1) is 7.11 Å². The van der Waals surface area contributed by atoms with E-state index < -0.39 is 0 Å². The number of nitrogens with one attached hydrogen (secondary N) is 1. The van der Waals surface area contributed by atoms with E-state index >= 15 is 0 Å². The van der Waals surface area contributed by atoms with E-state index in [1.807, 2.05) is 25.1 Å². The molecule has 0 unspecified atom stereocenters. The van der Waals surface area contributed by atoms with E-state index in [1.165, 1.54) is 0 Å². The minimum Gasteiger partial charge on any atom is -0.493 e. The standard InChI is InChI=1S/C15H25NO3/c1-6-18-11-19-13-8-7-12(9-14(13)17-5)10-16-15(2,3)4/h7-9,16H,6,10-11H2,1-5H3. The van der Waals surface area contributed by atoms with Crippen molar-refractivity contribution in [2.75, 3.05) is 20.5 Å². The highest BCUT2D eigenvalue weighted by Gasteiger charge is 2.10. The van der Waals surface area contributed by atoms with Crippen LogP contribution in [0.2, 0.25) is 0 Å². The summed E-state index contributed by atoms with van der Waals surface area (Å²) in [6, 6.07) is 5.93. The summed E-state index contributed by atoms with van der Waals surface area (Å²) in [7, 11) is 1.64. The van der Waals surface area contributed by atoms with Crippen LogP contribution in [0.3, 0.4) is 0 Å². The molecule has 108 valence electrons. The van der Waals surface area contributed by atoms with Crippen molar-refractivity contribution in [3.63, 3.8) is 0 Å². The molecular formula is C15H25NO3. The van der Waals surface area contributed by atoms with E-state index in [0.29, 0.717) is 12.4 Å². The first-order valence-electron chi connectivity index (χ1n) is 6.58. The number of benzene rings is 1. The summed E-state index contributed by atoms with van der Waals surface area (Å²) in [4.78, 5) is 0. The van der Waals surface area contributed by atoms with Crippen molar-refractivity contribution in [2.45, 2.75) is 39.8 Å². The Morgan fingerprint density at radius 2 is 1.89 bits per heavy atom. The second-order valence-electron chi connectivity index (χ2n) is 5.34. The van der Waals surface area contributed by atoms with Crippen LogP contribution in [0.4, 0.5) is 0 Å². The molecule has 0 saturated carbocycles. The molecule has 4 heteroatoms. The summed E-state index contributed by atoms with van der Waals surface area (Å²) < 4.78 is 16.0.